The van der Waals surface area contributed by atoms with Crippen molar-refractivity contribution in [3.8, 4) is 17.1 Å². The summed E-state index contributed by atoms with van der Waals surface area (Å²) in [7, 11) is 1.61. The van der Waals surface area contributed by atoms with E-state index in [0.717, 1.165) is 28.0 Å². The molecule has 37 heavy (non-hydrogen) atoms. The van der Waals surface area contributed by atoms with E-state index in [2.05, 4.69) is 21.5 Å². The van der Waals surface area contributed by atoms with Crippen molar-refractivity contribution in [1.29, 1.82) is 0 Å². The van der Waals surface area contributed by atoms with Gasteiger partial charge in [0.25, 0.3) is 5.89 Å². The van der Waals surface area contributed by atoms with E-state index in [9.17, 15) is 9.18 Å². The zero-order valence-corrected chi connectivity index (χ0v) is 21.1. The standard InChI is InChI=1S/C29H27FN4O3/c1-17-8-11-21(14-18(17)2)26-25(28-32-27(33-37-28)22-6-5-7-23(30)15-22)19(3)34(29(35)31-26)16-20-9-12-24(36-4)13-10-20/h5-15,26H,16H2,1-4H3,(H,31,35). The normalized spacial score (nSPS) is 15.6. The fourth-order valence-electron chi connectivity index (χ4n) is 4.43. The maximum Gasteiger partial charge on any atom is 0.322 e. The number of halogens is 1. The van der Waals surface area contributed by atoms with Crippen LogP contribution in [-0.4, -0.2) is 28.2 Å². The van der Waals surface area contributed by atoms with Gasteiger partial charge in [0.1, 0.15) is 11.6 Å². The molecule has 0 saturated heterocycles. The van der Waals surface area contributed by atoms with Crippen molar-refractivity contribution < 1.29 is 18.4 Å². The summed E-state index contributed by atoms with van der Waals surface area (Å²) in [5.41, 5.74) is 5.98. The highest BCUT2D eigenvalue weighted by atomic mass is 19.1. The Balaban J connectivity index is 1.59. The molecular weight excluding hydrogens is 471 g/mol. The lowest BCUT2D eigenvalue weighted by Crippen LogP contribution is -2.45. The van der Waals surface area contributed by atoms with Crippen molar-refractivity contribution >= 4 is 11.6 Å². The number of carbonyl (C=O) groups is 1. The van der Waals surface area contributed by atoms with Crippen molar-refractivity contribution in [3.05, 3.63) is 106 Å². The van der Waals surface area contributed by atoms with Crippen LogP contribution in [0.1, 0.15) is 41.1 Å². The first-order valence-corrected chi connectivity index (χ1v) is 11.9. The average molecular weight is 499 g/mol. The number of urea groups is 1. The Morgan fingerprint density at radius 2 is 1.81 bits per heavy atom. The molecule has 1 unspecified atom stereocenters. The molecule has 1 aliphatic heterocycles. The maximum atomic E-state index is 13.8. The Bertz CT molecular complexity index is 1490. The number of aryl methyl sites for hydroxylation is 2. The minimum absolute atomic E-state index is 0.231. The highest BCUT2D eigenvalue weighted by molar-refractivity contribution is 5.87. The summed E-state index contributed by atoms with van der Waals surface area (Å²) in [6.07, 6.45) is 0. The number of allylic oxidation sites excluding steroid dienone is 1. The van der Waals surface area contributed by atoms with E-state index < -0.39 is 6.04 Å². The van der Waals surface area contributed by atoms with Crippen LogP contribution in [-0.2, 0) is 6.54 Å². The molecule has 5 rings (SSSR count). The number of ether oxygens (including phenoxy) is 1. The average Bonchev–Trinajstić information content (AvgIpc) is 3.38. The molecule has 0 radical (unpaired) electrons. The third-order valence-electron chi connectivity index (χ3n) is 6.70. The molecular formula is C29H27FN4O3. The van der Waals surface area contributed by atoms with Gasteiger partial charge in [0.05, 0.1) is 25.3 Å². The van der Waals surface area contributed by atoms with E-state index in [1.54, 1.807) is 24.1 Å². The van der Waals surface area contributed by atoms with Crippen molar-refractivity contribution in [2.24, 2.45) is 0 Å². The van der Waals surface area contributed by atoms with Gasteiger partial charge >= 0.3 is 6.03 Å². The van der Waals surface area contributed by atoms with Crippen LogP contribution in [0.4, 0.5) is 9.18 Å². The molecule has 0 fully saturated rings. The highest BCUT2D eigenvalue weighted by Crippen LogP contribution is 2.38. The summed E-state index contributed by atoms with van der Waals surface area (Å²) < 4.78 is 24.8. The number of amides is 2. The number of methoxy groups -OCH3 is 1. The van der Waals surface area contributed by atoms with Gasteiger partial charge in [-0.1, -0.05) is 47.6 Å². The lowest BCUT2D eigenvalue weighted by atomic mass is 9.92. The summed E-state index contributed by atoms with van der Waals surface area (Å²) in [4.78, 5) is 19.6. The van der Waals surface area contributed by atoms with Gasteiger partial charge in [-0.25, -0.2) is 9.18 Å². The van der Waals surface area contributed by atoms with Crippen LogP contribution >= 0.6 is 0 Å². The fourth-order valence-corrected chi connectivity index (χ4v) is 4.43. The maximum absolute atomic E-state index is 13.8. The van der Waals surface area contributed by atoms with Crippen LogP contribution in [0, 0.1) is 19.7 Å². The number of nitrogens with zero attached hydrogens (tertiary/aromatic N) is 3. The zero-order valence-electron chi connectivity index (χ0n) is 21.1. The lowest BCUT2D eigenvalue weighted by molar-refractivity contribution is 0.203. The molecule has 0 aliphatic carbocycles. The van der Waals surface area contributed by atoms with Gasteiger partial charge in [0.15, 0.2) is 0 Å². The first kappa shape index (κ1) is 24.2. The quantitative estimate of drug-likeness (QED) is 0.342. The largest absolute Gasteiger partial charge is 0.497 e. The molecule has 3 aromatic carbocycles. The molecule has 2 amide bonds. The number of rotatable bonds is 6. The minimum Gasteiger partial charge on any atom is -0.497 e. The van der Waals surface area contributed by atoms with E-state index in [4.69, 9.17) is 9.26 Å². The lowest BCUT2D eigenvalue weighted by Gasteiger charge is -2.35. The van der Waals surface area contributed by atoms with E-state index in [1.165, 1.54) is 12.1 Å². The summed E-state index contributed by atoms with van der Waals surface area (Å²) >= 11 is 0. The van der Waals surface area contributed by atoms with Gasteiger partial charge in [-0.3, -0.25) is 4.90 Å². The Kier molecular flexibility index (Phi) is 6.48. The molecule has 0 saturated carbocycles. The number of carbonyl (C=O) groups excluding carboxylic acids is 1. The number of hydrogen-bond donors (Lipinski definition) is 1. The topological polar surface area (TPSA) is 80.5 Å². The Labute approximate surface area is 214 Å². The van der Waals surface area contributed by atoms with E-state index in [-0.39, 0.29) is 23.6 Å². The highest BCUT2D eigenvalue weighted by Gasteiger charge is 2.36. The van der Waals surface area contributed by atoms with Crippen LogP contribution in [0.25, 0.3) is 17.0 Å². The van der Waals surface area contributed by atoms with Crippen LogP contribution in [0.3, 0.4) is 0 Å². The predicted molar refractivity (Wildman–Crippen MR) is 138 cm³/mol. The Morgan fingerprint density at radius 3 is 2.51 bits per heavy atom. The second kappa shape index (κ2) is 9.89. The minimum atomic E-state index is -0.500. The smallest absolute Gasteiger partial charge is 0.322 e. The molecule has 1 aromatic heterocycles. The van der Waals surface area contributed by atoms with Crippen molar-refractivity contribution in [1.82, 2.24) is 20.4 Å². The molecule has 1 N–H and O–H groups in total. The van der Waals surface area contributed by atoms with E-state index in [0.29, 0.717) is 23.4 Å². The number of nitrogens with one attached hydrogen (secondary N) is 1. The van der Waals surface area contributed by atoms with Gasteiger partial charge in [0.2, 0.25) is 5.82 Å². The number of hydrogen-bond acceptors (Lipinski definition) is 5. The molecule has 2 heterocycles. The van der Waals surface area contributed by atoms with Crippen LogP contribution in [0.15, 0.2) is 77.0 Å². The molecule has 0 bridgehead atoms. The molecule has 4 aromatic rings. The van der Waals surface area contributed by atoms with E-state index in [1.807, 2.05) is 57.2 Å². The third-order valence-corrected chi connectivity index (χ3v) is 6.70. The van der Waals surface area contributed by atoms with Crippen molar-refractivity contribution in [2.45, 2.75) is 33.4 Å². The summed E-state index contributed by atoms with van der Waals surface area (Å²) in [6, 6.07) is 18.9. The van der Waals surface area contributed by atoms with Crippen LogP contribution < -0.4 is 10.1 Å². The SMILES string of the molecule is COc1ccc(CN2C(=O)NC(c3ccc(C)c(C)c3)C(c3nc(-c4cccc(F)c4)no3)=C2C)cc1. The molecule has 7 nitrogen and oxygen atoms in total. The van der Waals surface area contributed by atoms with Gasteiger partial charge in [-0.2, -0.15) is 4.98 Å². The molecule has 1 aliphatic rings. The second-order valence-corrected chi connectivity index (χ2v) is 9.09. The first-order chi connectivity index (χ1) is 17.8. The summed E-state index contributed by atoms with van der Waals surface area (Å²) in [5, 5.41) is 7.24. The van der Waals surface area contributed by atoms with Crippen LogP contribution in [0.5, 0.6) is 5.75 Å². The first-order valence-electron chi connectivity index (χ1n) is 11.9. The zero-order chi connectivity index (χ0) is 26.1. The van der Waals surface area contributed by atoms with Crippen molar-refractivity contribution in [2.75, 3.05) is 7.11 Å². The van der Waals surface area contributed by atoms with Gasteiger partial charge in [0, 0.05) is 11.3 Å². The molecule has 188 valence electrons. The predicted octanol–water partition coefficient (Wildman–Crippen LogP) is 6.20. The van der Waals surface area contributed by atoms with Gasteiger partial charge < -0.3 is 14.6 Å². The van der Waals surface area contributed by atoms with E-state index >= 15 is 0 Å². The molecule has 1 atom stereocenters. The Morgan fingerprint density at radius 1 is 1.03 bits per heavy atom. The molecule has 0 spiro atoms. The van der Waals surface area contributed by atoms with Crippen molar-refractivity contribution in [3.63, 3.8) is 0 Å². The van der Waals surface area contributed by atoms with Gasteiger partial charge in [-0.05, 0) is 67.3 Å². The third kappa shape index (κ3) is 4.82. The fraction of sp³-hybridized carbons (Fsp3) is 0.207. The second-order valence-electron chi connectivity index (χ2n) is 9.09. The number of aromatic nitrogens is 2. The number of benzene rings is 3. The molecule has 8 heteroatoms. The van der Waals surface area contributed by atoms with Gasteiger partial charge in [-0.15, -0.1) is 0 Å². The summed E-state index contributed by atoms with van der Waals surface area (Å²) in [5.74, 6) is 0.889. The Hall–Kier alpha value is -4.46. The van der Waals surface area contributed by atoms with Crippen LogP contribution in [0.2, 0.25) is 0 Å². The monoisotopic (exact) mass is 498 g/mol. The summed E-state index contributed by atoms with van der Waals surface area (Å²) in [6.45, 7) is 6.29.